The third-order valence-electron chi connectivity index (χ3n) is 5.51. The fourth-order valence-corrected chi connectivity index (χ4v) is 6.54. The van der Waals surface area contributed by atoms with Crippen molar-refractivity contribution in [1.29, 1.82) is 0 Å². The van der Waals surface area contributed by atoms with Gasteiger partial charge in [0, 0.05) is 18.0 Å². The van der Waals surface area contributed by atoms with Gasteiger partial charge in [-0.25, -0.2) is 22.2 Å². The summed E-state index contributed by atoms with van der Waals surface area (Å²) in [5.41, 5.74) is 1.39. The number of benzene rings is 2. The predicted molar refractivity (Wildman–Crippen MR) is 117 cm³/mol. The summed E-state index contributed by atoms with van der Waals surface area (Å²) in [6.07, 6.45) is 1.84. The number of aromatic nitrogens is 2. The zero-order valence-electron chi connectivity index (χ0n) is 16.7. The maximum atomic E-state index is 13.2. The van der Waals surface area contributed by atoms with Crippen molar-refractivity contribution in [2.45, 2.75) is 24.4 Å². The van der Waals surface area contributed by atoms with Crippen LogP contribution in [0.25, 0.3) is 10.2 Å². The third-order valence-corrected chi connectivity index (χ3v) is 8.49. The Kier molecular flexibility index (Phi) is 5.15. The van der Waals surface area contributed by atoms with Gasteiger partial charge in [-0.15, -0.1) is 11.3 Å². The molecule has 0 atom stereocenters. The number of thiophene rings is 1. The van der Waals surface area contributed by atoms with Gasteiger partial charge >= 0.3 is 0 Å². The Morgan fingerprint density at radius 3 is 2.34 bits per heavy atom. The molecular formula is C22H17F2N3O3S2. The van der Waals surface area contributed by atoms with Crippen molar-refractivity contribution in [3.8, 4) is 0 Å². The standard InChI is InChI=1S/C22H17F2N3O3S2/c23-15-3-1-14(2-4-15)11-26-13-25-21-20(22(26)28)18-9-10-27(12-19(18)31-21)32(29,30)17-7-5-16(24)6-8-17/h1-8,13H,9-12H2. The summed E-state index contributed by atoms with van der Waals surface area (Å²) >= 11 is 1.31. The second-order valence-corrected chi connectivity index (χ2v) is 10.6. The molecule has 3 heterocycles. The molecule has 1 aliphatic heterocycles. The van der Waals surface area contributed by atoms with Gasteiger partial charge in [0.05, 0.1) is 23.2 Å². The average Bonchev–Trinajstić information content (AvgIpc) is 3.16. The van der Waals surface area contributed by atoms with E-state index in [1.807, 2.05) is 0 Å². The summed E-state index contributed by atoms with van der Waals surface area (Å²) in [6, 6.07) is 10.7. The summed E-state index contributed by atoms with van der Waals surface area (Å²) in [4.78, 5) is 18.9. The van der Waals surface area contributed by atoms with Crippen LogP contribution in [0.15, 0.2) is 64.5 Å². The molecule has 164 valence electrons. The van der Waals surface area contributed by atoms with E-state index in [1.54, 1.807) is 12.1 Å². The molecule has 5 rings (SSSR count). The predicted octanol–water partition coefficient (Wildman–Crippen LogP) is 3.53. The molecule has 0 radical (unpaired) electrons. The first-order chi connectivity index (χ1) is 15.3. The number of hydrogen-bond acceptors (Lipinski definition) is 5. The molecule has 32 heavy (non-hydrogen) atoms. The van der Waals surface area contributed by atoms with Crippen LogP contribution in [0.1, 0.15) is 16.0 Å². The van der Waals surface area contributed by atoms with Gasteiger partial charge in [-0.3, -0.25) is 9.36 Å². The highest BCUT2D eigenvalue weighted by atomic mass is 32.2. The normalized spacial score (nSPS) is 14.6. The summed E-state index contributed by atoms with van der Waals surface area (Å²) in [5.74, 6) is -0.848. The summed E-state index contributed by atoms with van der Waals surface area (Å²) in [5, 5.41) is 0.508. The molecule has 1 aliphatic rings. The minimum atomic E-state index is -3.78. The Hall–Kier alpha value is -2.95. The fraction of sp³-hybridized carbons (Fsp3) is 0.182. The quantitative estimate of drug-likeness (QED) is 0.455. The van der Waals surface area contributed by atoms with Crippen LogP contribution in [0, 0.1) is 11.6 Å². The van der Waals surface area contributed by atoms with E-state index >= 15 is 0 Å². The Labute approximate surface area is 186 Å². The van der Waals surface area contributed by atoms with Gasteiger partial charge < -0.3 is 0 Å². The van der Waals surface area contributed by atoms with Gasteiger partial charge in [0.2, 0.25) is 10.0 Å². The Morgan fingerprint density at radius 2 is 1.66 bits per heavy atom. The molecular weight excluding hydrogens is 456 g/mol. The Balaban J connectivity index is 1.48. The van der Waals surface area contributed by atoms with Gasteiger partial charge in [-0.1, -0.05) is 12.1 Å². The van der Waals surface area contributed by atoms with Crippen LogP contribution >= 0.6 is 11.3 Å². The van der Waals surface area contributed by atoms with Crippen LogP contribution in [0.3, 0.4) is 0 Å². The minimum absolute atomic E-state index is 0.0308. The second-order valence-electron chi connectivity index (χ2n) is 7.53. The van der Waals surface area contributed by atoms with E-state index in [-0.39, 0.29) is 35.9 Å². The molecule has 0 fully saturated rings. The number of halogens is 2. The molecule has 0 saturated carbocycles. The smallest absolute Gasteiger partial charge is 0.262 e. The monoisotopic (exact) mass is 473 g/mol. The van der Waals surface area contributed by atoms with E-state index < -0.39 is 15.8 Å². The van der Waals surface area contributed by atoms with E-state index in [2.05, 4.69) is 4.98 Å². The first-order valence-corrected chi connectivity index (χ1v) is 12.1. The molecule has 4 aromatic rings. The average molecular weight is 474 g/mol. The van der Waals surface area contributed by atoms with Gasteiger partial charge in [-0.05, 0) is 53.9 Å². The van der Waals surface area contributed by atoms with Crippen LogP contribution in [0.2, 0.25) is 0 Å². The number of rotatable bonds is 4. The van der Waals surface area contributed by atoms with Crippen molar-refractivity contribution in [1.82, 2.24) is 13.9 Å². The summed E-state index contributed by atoms with van der Waals surface area (Å²) in [7, 11) is -3.78. The van der Waals surface area contributed by atoms with Gasteiger partial charge in [0.1, 0.15) is 16.5 Å². The van der Waals surface area contributed by atoms with Crippen molar-refractivity contribution >= 4 is 31.6 Å². The van der Waals surface area contributed by atoms with Crippen molar-refractivity contribution < 1.29 is 17.2 Å². The summed E-state index contributed by atoms with van der Waals surface area (Å²) in [6.45, 7) is 0.607. The number of sulfonamides is 1. The van der Waals surface area contributed by atoms with Crippen LogP contribution in [-0.2, 0) is 29.5 Å². The maximum Gasteiger partial charge on any atom is 0.262 e. The molecule has 0 saturated heterocycles. The Bertz CT molecular complexity index is 1480. The molecule has 6 nitrogen and oxygen atoms in total. The van der Waals surface area contributed by atoms with Crippen LogP contribution in [0.5, 0.6) is 0 Å². The minimum Gasteiger partial charge on any atom is -0.294 e. The lowest BCUT2D eigenvalue weighted by atomic mass is 10.1. The molecule has 10 heteroatoms. The summed E-state index contributed by atoms with van der Waals surface area (Å²) < 4.78 is 55.1. The lowest BCUT2D eigenvalue weighted by molar-refractivity contribution is 0.396. The molecule has 0 unspecified atom stereocenters. The van der Waals surface area contributed by atoms with E-state index in [0.29, 0.717) is 16.6 Å². The van der Waals surface area contributed by atoms with Gasteiger partial charge in [0.25, 0.3) is 5.56 Å². The molecule has 2 aromatic carbocycles. The van der Waals surface area contributed by atoms with Crippen molar-refractivity contribution in [2.75, 3.05) is 6.54 Å². The number of nitrogens with zero attached hydrogens (tertiary/aromatic N) is 3. The van der Waals surface area contributed by atoms with Crippen LogP contribution < -0.4 is 5.56 Å². The van der Waals surface area contributed by atoms with Crippen molar-refractivity contribution in [2.24, 2.45) is 0 Å². The molecule has 0 spiro atoms. The topological polar surface area (TPSA) is 72.3 Å². The molecule has 0 bridgehead atoms. The lowest BCUT2D eigenvalue weighted by Crippen LogP contribution is -2.35. The first-order valence-electron chi connectivity index (χ1n) is 9.83. The van der Waals surface area contributed by atoms with Crippen molar-refractivity contribution in [3.63, 3.8) is 0 Å². The van der Waals surface area contributed by atoms with E-state index in [1.165, 1.54) is 50.8 Å². The van der Waals surface area contributed by atoms with Crippen LogP contribution in [-0.4, -0.2) is 28.8 Å². The first kappa shape index (κ1) is 20.9. The Morgan fingerprint density at radius 1 is 1.00 bits per heavy atom. The molecule has 2 aromatic heterocycles. The SMILES string of the molecule is O=c1c2c3c(sc2ncn1Cc1ccc(F)cc1)CN(S(=O)(=O)c1ccc(F)cc1)CC3. The zero-order valence-corrected chi connectivity index (χ0v) is 18.3. The van der Waals surface area contributed by atoms with E-state index in [4.69, 9.17) is 0 Å². The van der Waals surface area contributed by atoms with Crippen molar-refractivity contribution in [3.05, 3.63) is 92.9 Å². The second kappa shape index (κ2) is 7.88. The van der Waals surface area contributed by atoms with Crippen LogP contribution in [0.4, 0.5) is 8.78 Å². The van der Waals surface area contributed by atoms with E-state index in [0.717, 1.165) is 28.1 Å². The fourth-order valence-electron chi connectivity index (χ4n) is 3.86. The maximum absolute atomic E-state index is 13.2. The third kappa shape index (κ3) is 3.64. The number of hydrogen-bond donors (Lipinski definition) is 0. The highest BCUT2D eigenvalue weighted by Crippen LogP contribution is 2.34. The zero-order chi connectivity index (χ0) is 22.5. The molecule has 0 amide bonds. The highest BCUT2D eigenvalue weighted by molar-refractivity contribution is 7.89. The number of fused-ring (bicyclic) bond motifs is 3. The van der Waals surface area contributed by atoms with Gasteiger partial charge in [-0.2, -0.15) is 4.31 Å². The van der Waals surface area contributed by atoms with Gasteiger partial charge in [0.15, 0.2) is 0 Å². The molecule has 0 aliphatic carbocycles. The molecule has 0 N–H and O–H groups in total. The van der Waals surface area contributed by atoms with E-state index in [9.17, 15) is 22.0 Å². The highest BCUT2D eigenvalue weighted by Gasteiger charge is 2.31. The lowest BCUT2D eigenvalue weighted by Gasteiger charge is -2.26. The largest absolute Gasteiger partial charge is 0.294 e.